The highest BCUT2D eigenvalue weighted by Crippen LogP contribution is 2.18. The highest BCUT2D eigenvalue weighted by Gasteiger charge is 2.17. The Hall–Kier alpha value is -2.34. The summed E-state index contributed by atoms with van der Waals surface area (Å²) in [6.07, 6.45) is 0. The van der Waals surface area contributed by atoms with Gasteiger partial charge in [0.15, 0.2) is 0 Å². The summed E-state index contributed by atoms with van der Waals surface area (Å²) in [6.45, 7) is 7.54. The molecule has 0 spiro atoms. The average molecular weight is 346 g/mol. The molecule has 2 rings (SSSR count). The molecule has 0 bridgehead atoms. The Kier molecular flexibility index (Phi) is 4.99. The van der Waals surface area contributed by atoms with Gasteiger partial charge in [0.2, 0.25) is 0 Å². The molecule has 24 heavy (non-hydrogen) atoms. The molecule has 0 fully saturated rings. The van der Waals surface area contributed by atoms with E-state index in [0.29, 0.717) is 11.3 Å². The molecule has 128 valence electrons. The number of amides is 1. The van der Waals surface area contributed by atoms with Crippen molar-refractivity contribution < 1.29 is 13.2 Å². The second-order valence-electron chi connectivity index (χ2n) is 6.70. The molecule has 0 aliphatic carbocycles. The quantitative estimate of drug-likeness (QED) is 0.892. The van der Waals surface area contributed by atoms with Crippen LogP contribution in [0.15, 0.2) is 53.4 Å². The number of rotatable bonds is 4. The number of hydrogen-bond acceptors (Lipinski definition) is 3. The number of hydrogen-bond donors (Lipinski definition) is 2. The molecule has 0 saturated carbocycles. The molecule has 2 N–H and O–H groups in total. The number of carbonyl (C=O) groups is 1. The Morgan fingerprint density at radius 2 is 1.62 bits per heavy atom. The van der Waals surface area contributed by atoms with Gasteiger partial charge in [0.05, 0.1) is 4.90 Å². The van der Waals surface area contributed by atoms with Gasteiger partial charge in [-0.3, -0.25) is 9.52 Å². The summed E-state index contributed by atoms with van der Waals surface area (Å²) in [4.78, 5) is 12.4. The van der Waals surface area contributed by atoms with Gasteiger partial charge < -0.3 is 5.32 Å². The van der Waals surface area contributed by atoms with E-state index in [2.05, 4.69) is 10.0 Å². The van der Waals surface area contributed by atoms with E-state index in [1.807, 2.05) is 27.7 Å². The highest BCUT2D eigenvalue weighted by atomic mass is 32.2. The third-order valence-corrected chi connectivity index (χ3v) is 4.59. The van der Waals surface area contributed by atoms with Gasteiger partial charge in [-0.25, -0.2) is 8.42 Å². The standard InChI is InChI=1S/C18H22N2O3S/c1-13-8-10-16(11-9-13)24(22,23)20-15-7-5-6-14(12-15)17(21)19-18(2,3)4/h5-12,20H,1-4H3,(H,19,21). The van der Waals surface area contributed by atoms with E-state index in [-0.39, 0.29) is 16.3 Å². The first-order chi connectivity index (χ1) is 11.1. The van der Waals surface area contributed by atoms with Gasteiger partial charge in [-0.2, -0.15) is 0 Å². The first-order valence-electron chi connectivity index (χ1n) is 7.59. The molecule has 0 unspecified atom stereocenters. The lowest BCUT2D eigenvalue weighted by atomic mass is 10.1. The zero-order valence-corrected chi connectivity index (χ0v) is 15.1. The lowest BCUT2D eigenvalue weighted by molar-refractivity contribution is 0.0919. The Labute approximate surface area is 143 Å². The highest BCUT2D eigenvalue weighted by molar-refractivity contribution is 7.92. The molecule has 1 amide bonds. The van der Waals surface area contributed by atoms with Crippen LogP contribution in [0.25, 0.3) is 0 Å². The fourth-order valence-corrected chi connectivity index (χ4v) is 3.12. The van der Waals surface area contributed by atoms with Crippen molar-refractivity contribution in [1.29, 1.82) is 0 Å². The largest absolute Gasteiger partial charge is 0.347 e. The summed E-state index contributed by atoms with van der Waals surface area (Å²) in [5.74, 6) is -0.251. The lowest BCUT2D eigenvalue weighted by Gasteiger charge is -2.20. The van der Waals surface area contributed by atoms with Crippen molar-refractivity contribution in [3.63, 3.8) is 0 Å². The maximum absolute atomic E-state index is 12.4. The smallest absolute Gasteiger partial charge is 0.261 e. The first kappa shape index (κ1) is 18.0. The normalized spacial score (nSPS) is 11.8. The van der Waals surface area contributed by atoms with Crippen LogP contribution in [0.1, 0.15) is 36.7 Å². The van der Waals surface area contributed by atoms with Gasteiger partial charge in [-0.15, -0.1) is 0 Å². The molecule has 5 nitrogen and oxygen atoms in total. The predicted molar refractivity (Wildman–Crippen MR) is 95.6 cm³/mol. The summed E-state index contributed by atoms with van der Waals surface area (Å²) < 4.78 is 27.3. The first-order valence-corrected chi connectivity index (χ1v) is 9.07. The minimum atomic E-state index is -3.69. The van der Waals surface area contributed by atoms with E-state index >= 15 is 0 Å². The Morgan fingerprint density at radius 1 is 1.00 bits per heavy atom. The molecule has 0 radical (unpaired) electrons. The van der Waals surface area contributed by atoms with Gasteiger partial charge in [0.25, 0.3) is 15.9 Å². The topological polar surface area (TPSA) is 75.3 Å². The zero-order valence-electron chi connectivity index (χ0n) is 14.3. The van der Waals surface area contributed by atoms with Crippen LogP contribution in [0, 0.1) is 6.92 Å². The van der Waals surface area contributed by atoms with Gasteiger partial charge >= 0.3 is 0 Å². The summed E-state index contributed by atoms with van der Waals surface area (Å²) >= 11 is 0. The van der Waals surface area contributed by atoms with Crippen LogP contribution in [0.2, 0.25) is 0 Å². The molecule has 0 saturated heterocycles. The van der Waals surface area contributed by atoms with E-state index in [1.54, 1.807) is 42.5 Å². The summed E-state index contributed by atoms with van der Waals surface area (Å²) in [6, 6.07) is 13.0. The van der Waals surface area contributed by atoms with Crippen LogP contribution in [0.5, 0.6) is 0 Å². The van der Waals surface area contributed by atoms with Crippen LogP contribution in [-0.2, 0) is 10.0 Å². The molecule has 0 heterocycles. The summed E-state index contributed by atoms with van der Waals surface area (Å²) in [7, 11) is -3.69. The van der Waals surface area contributed by atoms with Crippen LogP contribution in [0.4, 0.5) is 5.69 Å². The molecular weight excluding hydrogens is 324 g/mol. The van der Waals surface area contributed by atoms with Crippen molar-refractivity contribution in [3.05, 3.63) is 59.7 Å². The van der Waals surface area contributed by atoms with Crippen molar-refractivity contribution >= 4 is 21.6 Å². The number of aryl methyl sites for hydroxylation is 1. The number of benzene rings is 2. The fourth-order valence-electron chi connectivity index (χ4n) is 2.07. The van der Waals surface area contributed by atoms with Gasteiger partial charge in [0.1, 0.15) is 0 Å². The fraction of sp³-hybridized carbons (Fsp3) is 0.278. The van der Waals surface area contributed by atoms with Crippen molar-refractivity contribution in [2.24, 2.45) is 0 Å². The van der Waals surface area contributed by atoms with Crippen molar-refractivity contribution in [3.8, 4) is 0 Å². The van der Waals surface area contributed by atoms with E-state index in [0.717, 1.165) is 5.56 Å². The number of anilines is 1. The Morgan fingerprint density at radius 3 is 2.21 bits per heavy atom. The third-order valence-electron chi connectivity index (χ3n) is 3.20. The van der Waals surface area contributed by atoms with Crippen LogP contribution >= 0.6 is 0 Å². The predicted octanol–water partition coefficient (Wildman–Crippen LogP) is 3.32. The second-order valence-corrected chi connectivity index (χ2v) is 8.39. The number of carbonyl (C=O) groups excluding carboxylic acids is 1. The molecule has 2 aromatic carbocycles. The SMILES string of the molecule is Cc1ccc(S(=O)(=O)Nc2cccc(C(=O)NC(C)(C)C)c2)cc1. The molecule has 2 aromatic rings. The van der Waals surface area contributed by atoms with Crippen molar-refractivity contribution in [2.45, 2.75) is 38.1 Å². The van der Waals surface area contributed by atoms with Crippen molar-refractivity contribution in [2.75, 3.05) is 4.72 Å². The third kappa shape index (κ3) is 4.83. The van der Waals surface area contributed by atoms with E-state index in [4.69, 9.17) is 0 Å². The molecule has 0 aromatic heterocycles. The van der Waals surface area contributed by atoms with E-state index in [9.17, 15) is 13.2 Å². The second kappa shape index (κ2) is 6.65. The monoisotopic (exact) mass is 346 g/mol. The van der Waals surface area contributed by atoms with Crippen molar-refractivity contribution in [1.82, 2.24) is 5.32 Å². The van der Waals surface area contributed by atoms with E-state index < -0.39 is 10.0 Å². The molecule has 0 atom stereocenters. The maximum atomic E-state index is 12.4. The molecule has 0 aliphatic heterocycles. The van der Waals surface area contributed by atoms with Crippen LogP contribution in [-0.4, -0.2) is 19.9 Å². The minimum Gasteiger partial charge on any atom is -0.347 e. The van der Waals surface area contributed by atoms with Crippen LogP contribution in [0.3, 0.4) is 0 Å². The van der Waals surface area contributed by atoms with Crippen LogP contribution < -0.4 is 10.0 Å². The minimum absolute atomic E-state index is 0.178. The summed E-state index contributed by atoms with van der Waals surface area (Å²) in [5, 5.41) is 2.85. The number of nitrogens with one attached hydrogen (secondary N) is 2. The van der Waals surface area contributed by atoms with Gasteiger partial charge in [0, 0.05) is 16.8 Å². The molecule has 6 heteroatoms. The molecular formula is C18H22N2O3S. The average Bonchev–Trinajstić information content (AvgIpc) is 2.45. The Bertz CT molecular complexity index is 835. The maximum Gasteiger partial charge on any atom is 0.261 e. The molecule has 0 aliphatic rings. The zero-order chi connectivity index (χ0) is 18.0. The Balaban J connectivity index is 2.23. The van der Waals surface area contributed by atoms with Gasteiger partial charge in [-0.05, 0) is 58.0 Å². The summed E-state index contributed by atoms with van der Waals surface area (Å²) in [5.41, 5.74) is 1.36. The number of sulfonamides is 1. The van der Waals surface area contributed by atoms with E-state index in [1.165, 1.54) is 6.07 Å². The lowest BCUT2D eigenvalue weighted by Crippen LogP contribution is -2.40. The van der Waals surface area contributed by atoms with Gasteiger partial charge in [-0.1, -0.05) is 23.8 Å².